The van der Waals surface area contributed by atoms with Crippen LogP contribution >= 0.6 is 0 Å². The fourth-order valence-electron chi connectivity index (χ4n) is 2.31. The van der Waals surface area contributed by atoms with E-state index in [4.69, 9.17) is 9.47 Å². The minimum Gasteiger partial charge on any atom is -0.479 e. The summed E-state index contributed by atoms with van der Waals surface area (Å²) in [6, 6.07) is 7.96. The van der Waals surface area contributed by atoms with Crippen molar-refractivity contribution in [3.63, 3.8) is 0 Å². The molecule has 2 heterocycles. The van der Waals surface area contributed by atoms with Gasteiger partial charge in [-0.3, -0.25) is 4.79 Å². The third-order valence-electron chi connectivity index (χ3n) is 3.51. The van der Waals surface area contributed by atoms with Gasteiger partial charge < -0.3 is 14.8 Å². The Morgan fingerprint density at radius 3 is 2.95 bits per heavy atom. The smallest absolute Gasteiger partial charge is 0.265 e. The van der Waals surface area contributed by atoms with Crippen molar-refractivity contribution < 1.29 is 14.3 Å². The highest BCUT2D eigenvalue weighted by atomic mass is 16.5. The number of nitriles is 1. The minimum atomic E-state index is -0.469. The molecular weight excluding hydrogens is 244 g/mol. The number of amides is 1. The zero-order valence-corrected chi connectivity index (χ0v) is 10.6. The van der Waals surface area contributed by atoms with Gasteiger partial charge in [0.2, 0.25) is 0 Å². The largest absolute Gasteiger partial charge is 0.479 e. The topological polar surface area (TPSA) is 71.3 Å². The molecule has 1 atom stereocenters. The van der Waals surface area contributed by atoms with Crippen LogP contribution in [0.4, 0.5) is 5.69 Å². The number of fused-ring (bicyclic) bond motifs is 1. The number of carbonyl (C=O) groups is 1. The molecule has 5 heteroatoms. The highest BCUT2D eigenvalue weighted by Gasteiger charge is 2.39. The Kier molecular flexibility index (Phi) is 2.68. The SMILES string of the molecule is CC1Oc2ccc(CC3(C#N)COC3)cc2NC1=O. The Morgan fingerprint density at radius 2 is 2.32 bits per heavy atom. The monoisotopic (exact) mass is 258 g/mol. The van der Waals surface area contributed by atoms with Crippen LogP contribution in [-0.4, -0.2) is 25.2 Å². The van der Waals surface area contributed by atoms with Gasteiger partial charge in [-0.2, -0.15) is 5.26 Å². The summed E-state index contributed by atoms with van der Waals surface area (Å²) in [5.41, 5.74) is 1.26. The number of hydrogen-bond acceptors (Lipinski definition) is 4. The van der Waals surface area contributed by atoms with E-state index in [1.165, 1.54) is 0 Å². The minimum absolute atomic E-state index is 0.147. The van der Waals surface area contributed by atoms with Crippen molar-refractivity contribution in [2.24, 2.45) is 5.41 Å². The molecule has 1 fully saturated rings. The number of carbonyl (C=O) groups excluding carboxylic acids is 1. The molecule has 1 amide bonds. The maximum atomic E-state index is 11.6. The van der Waals surface area contributed by atoms with E-state index < -0.39 is 11.5 Å². The van der Waals surface area contributed by atoms with Crippen LogP contribution in [0.5, 0.6) is 5.75 Å². The molecule has 3 rings (SSSR count). The number of rotatable bonds is 2. The van der Waals surface area contributed by atoms with Gasteiger partial charge in [-0.25, -0.2) is 0 Å². The molecule has 1 saturated heterocycles. The zero-order chi connectivity index (χ0) is 13.5. The summed E-state index contributed by atoms with van der Waals surface area (Å²) in [6.45, 7) is 2.66. The Labute approximate surface area is 111 Å². The summed E-state index contributed by atoms with van der Waals surface area (Å²) in [7, 11) is 0. The molecule has 19 heavy (non-hydrogen) atoms. The van der Waals surface area contributed by atoms with E-state index in [1.54, 1.807) is 6.92 Å². The van der Waals surface area contributed by atoms with Gasteiger partial charge in [-0.1, -0.05) is 6.07 Å². The highest BCUT2D eigenvalue weighted by Crippen LogP contribution is 2.35. The third kappa shape index (κ3) is 2.04. The van der Waals surface area contributed by atoms with E-state index in [1.807, 2.05) is 18.2 Å². The summed E-state index contributed by atoms with van der Waals surface area (Å²) >= 11 is 0. The fraction of sp³-hybridized carbons (Fsp3) is 0.429. The first kappa shape index (κ1) is 12.0. The first-order valence-corrected chi connectivity index (χ1v) is 6.21. The first-order valence-electron chi connectivity index (χ1n) is 6.21. The van der Waals surface area contributed by atoms with Gasteiger partial charge in [0.25, 0.3) is 5.91 Å². The highest BCUT2D eigenvalue weighted by molar-refractivity contribution is 5.97. The molecule has 2 aliphatic heterocycles. The molecule has 0 radical (unpaired) electrons. The zero-order valence-electron chi connectivity index (χ0n) is 10.6. The van der Waals surface area contributed by atoms with E-state index in [9.17, 15) is 10.1 Å². The lowest BCUT2D eigenvalue weighted by Crippen LogP contribution is -2.43. The summed E-state index contributed by atoms with van der Waals surface area (Å²) in [5.74, 6) is 0.526. The maximum absolute atomic E-state index is 11.6. The van der Waals surface area contributed by atoms with E-state index >= 15 is 0 Å². The molecule has 0 saturated carbocycles. The lowest BCUT2D eigenvalue weighted by atomic mass is 9.81. The second-order valence-electron chi connectivity index (χ2n) is 5.14. The van der Waals surface area contributed by atoms with Gasteiger partial charge in [0.05, 0.1) is 25.0 Å². The van der Waals surface area contributed by atoms with Crippen molar-refractivity contribution in [3.05, 3.63) is 23.8 Å². The maximum Gasteiger partial charge on any atom is 0.265 e. The van der Waals surface area contributed by atoms with Crippen LogP contribution in [0.3, 0.4) is 0 Å². The Balaban J connectivity index is 1.84. The number of hydrogen-bond donors (Lipinski definition) is 1. The molecule has 0 aliphatic carbocycles. The Hall–Kier alpha value is -2.06. The van der Waals surface area contributed by atoms with Gasteiger partial charge in [-0.15, -0.1) is 0 Å². The summed E-state index contributed by atoms with van der Waals surface area (Å²) in [6.07, 6.45) is 0.159. The molecule has 1 aromatic carbocycles. The van der Waals surface area contributed by atoms with Crippen LogP contribution in [0.25, 0.3) is 0 Å². The van der Waals surface area contributed by atoms with Crippen molar-refractivity contribution in [3.8, 4) is 11.8 Å². The molecule has 98 valence electrons. The van der Waals surface area contributed by atoms with Crippen molar-refractivity contribution >= 4 is 11.6 Å². The van der Waals surface area contributed by atoms with E-state index in [-0.39, 0.29) is 5.91 Å². The predicted octanol–water partition coefficient (Wildman–Crippen LogP) is 1.49. The van der Waals surface area contributed by atoms with Crippen molar-refractivity contribution in [2.75, 3.05) is 18.5 Å². The molecule has 0 aromatic heterocycles. The van der Waals surface area contributed by atoms with Crippen LogP contribution < -0.4 is 10.1 Å². The quantitative estimate of drug-likeness (QED) is 0.872. The Morgan fingerprint density at radius 1 is 1.53 bits per heavy atom. The van der Waals surface area contributed by atoms with Gasteiger partial charge in [-0.05, 0) is 31.0 Å². The third-order valence-corrected chi connectivity index (χ3v) is 3.51. The van der Waals surface area contributed by atoms with Gasteiger partial charge >= 0.3 is 0 Å². The summed E-state index contributed by atoms with van der Waals surface area (Å²) in [4.78, 5) is 11.6. The molecule has 0 spiro atoms. The lowest BCUT2D eigenvalue weighted by Gasteiger charge is -2.35. The molecule has 1 unspecified atom stereocenters. The average Bonchev–Trinajstić information content (AvgIpc) is 2.35. The Bertz CT molecular complexity index is 573. The fourth-order valence-corrected chi connectivity index (χ4v) is 2.31. The van der Waals surface area contributed by atoms with Crippen LogP contribution in [0.15, 0.2) is 18.2 Å². The number of nitrogens with zero attached hydrogens (tertiary/aromatic N) is 1. The number of anilines is 1. The van der Waals surface area contributed by atoms with Crippen LogP contribution in [-0.2, 0) is 16.0 Å². The predicted molar refractivity (Wildman–Crippen MR) is 67.7 cm³/mol. The standard InChI is InChI=1S/C14H14N2O3/c1-9-13(17)16-11-4-10(2-3-12(11)19-9)5-14(6-15)7-18-8-14/h2-4,9H,5,7-8H2,1H3,(H,16,17). The summed E-state index contributed by atoms with van der Waals surface area (Å²) < 4.78 is 10.6. The van der Waals surface area contributed by atoms with Gasteiger partial charge in [0, 0.05) is 0 Å². The molecular formula is C14H14N2O3. The lowest BCUT2D eigenvalue weighted by molar-refractivity contribution is -0.122. The van der Waals surface area contributed by atoms with Gasteiger partial charge in [0.1, 0.15) is 11.2 Å². The average molecular weight is 258 g/mol. The van der Waals surface area contributed by atoms with Crippen LogP contribution in [0.2, 0.25) is 0 Å². The van der Waals surface area contributed by atoms with Gasteiger partial charge in [0.15, 0.2) is 6.10 Å². The molecule has 5 nitrogen and oxygen atoms in total. The first-order chi connectivity index (χ1) is 9.12. The normalized spacial score (nSPS) is 23.4. The van der Waals surface area contributed by atoms with Crippen LogP contribution in [0, 0.1) is 16.7 Å². The summed E-state index contributed by atoms with van der Waals surface area (Å²) in [5, 5.41) is 12.0. The molecule has 0 bridgehead atoms. The van der Waals surface area contributed by atoms with E-state index in [0.717, 1.165) is 5.56 Å². The van der Waals surface area contributed by atoms with Crippen molar-refractivity contribution in [1.29, 1.82) is 5.26 Å². The van der Waals surface area contributed by atoms with Crippen LogP contribution in [0.1, 0.15) is 12.5 Å². The number of nitrogens with one attached hydrogen (secondary N) is 1. The van der Waals surface area contributed by atoms with E-state index in [0.29, 0.717) is 31.1 Å². The number of benzene rings is 1. The number of ether oxygens (including phenoxy) is 2. The van der Waals surface area contributed by atoms with E-state index in [2.05, 4.69) is 11.4 Å². The molecule has 1 aromatic rings. The van der Waals surface area contributed by atoms with Crippen molar-refractivity contribution in [2.45, 2.75) is 19.4 Å². The molecule has 1 N–H and O–H groups in total. The molecule has 2 aliphatic rings. The second kappa shape index (κ2) is 4.25. The second-order valence-corrected chi connectivity index (χ2v) is 5.14. The van der Waals surface area contributed by atoms with Crippen molar-refractivity contribution in [1.82, 2.24) is 0 Å².